The lowest BCUT2D eigenvalue weighted by molar-refractivity contribution is 0.0600. The van der Waals surface area contributed by atoms with Crippen molar-refractivity contribution in [2.24, 2.45) is 0 Å². The lowest BCUT2D eigenvalue weighted by atomic mass is 9.92. The molecule has 0 spiro atoms. The normalized spacial score (nSPS) is 11.5. The molecule has 0 bridgehead atoms. The van der Waals surface area contributed by atoms with Crippen molar-refractivity contribution in [3.05, 3.63) is 64.3 Å². The number of carbonyl (C=O) groups is 2. The fourth-order valence-electron chi connectivity index (χ4n) is 3.55. The van der Waals surface area contributed by atoms with E-state index in [1.807, 2.05) is 27.7 Å². The Kier molecular flexibility index (Phi) is 6.53. The molecule has 2 aromatic carbocycles. The van der Waals surface area contributed by atoms with Gasteiger partial charge in [0.25, 0.3) is 5.91 Å². The van der Waals surface area contributed by atoms with Crippen molar-refractivity contribution >= 4 is 34.8 Å². The highest BCUT2D eigenvalue weighted by Crippen LogP contribution is 2.34. The summed E-state index contributed by atoms with van der Waals surface area (Å²) in [6.07, 6.45) is 0. The summed E-state index contributed by atoms with van der Waals surface area (Å²) in [6.45, 7) is 8.46. The van der Waals surface area contributed by atoms with Gasteiger partial charge in [-0.2, -0.15) is 5.10 Å². The molecular formula is C25H26ClN5O4. The van der Waals surface area contributed by atoms with Gasteiger partial charge < -0.3 is 19.8 Å². The molecule has 4 aromatic rings. The van der Waals surface area contributed by atoms with Gasteiger partial charge >= 0.3 is 5.97 Å². The molecule has 0 aliphatic rings. The highest BCUT2D eigenvalue weighted by Gasteiger charge is 2.26. The van der Waals surface area contributed by atoms with Gasteiger partial charge in [-0.25, -0.2) is 4.79 Å². The topological polar surface area (TPSA) is 111 Å². The van der Waals surface area contributed by atoms with Crippen molar-refractivity contribution in [1.29, 1.82) is 0 Å². The molecular weight excluding hydrogens is 470 g/mol. The Morgan fingerprint density at radius 2 is 1.77 bits per heavy atom. The number of nitrogens with one attached hydrogen (secondary N) is 2. The quantitative estimate of drug-likeness (QED) is 0.359. The number of methoxy groups -OCH3 is 1. The summed E-state index contributed by atoms with van der Waals surface area (Å²) in [5.41, 5.74) is 2.90. The van der Waals surface area contributed by atoms with E-state index in [1.54, 1.807) is 30.3 Å². The number of benzene rings is 2. The van der Waals surface area contributed by atoms with Gasteiger partial charge in [-0.3, -0.25) is 4.79 Å². The average molecular weight is 496 g/mol. The molecule has 9 nitrogen and oxygen atoms in total. The summed E-state index contributed by atoms with van der Waals surface area (Å²) in [6, 6.07) is 11.5. The minimum absolute atomic E-state index is 0.247. The Hall–Kier alpha value is -3.85. The number of hydrogen-bond donors (Lipinski definition) is 2. The SMILES string of the molecule is CCOc1ccc(NC(=O)c2ccc(C(=O)OC)cc2)c(-c2nn3nc(C(C)(C)C)c(Cl)c3[nH]2)c1. The maximum Gasteiger partial charge on any atom is 0.337 e. The molecule has 0 unspecified atom stereocenters. The number of aromatic amines is 1. The largest absolute Gasteiger partial charge is 0.494 e. The van der Waals surface area contributed by atoms with Gasteiger partial charge in [0.05, 0.1) is 30.7 Å². The van der Waals surface area contributed by atoms with Crippen molar-refractivity contribution in [2.45, 2.75) is 33.1 Å². The first kappa shape index (κ1) is 24.3. The summed E-state index contributed by atoms with van der Waals surface area (Å²) in [4.78, 5) is 27.8. The van der Waals surface area contributed by atoms with Crippen molar-refractivity contribution in [1.82, 2.24) is 19.8 Å². The second-order valence-electron chi connectivity index (χ2n) is 8.89. The van der Waals surface area contributed by atoms with Gasteiger partial charge in [0.1, 0.15) is 10.8 Å². The van der Waals surface area contributed by atoms with Crippen LogP contribution in [0.15, 0.2) is 42.5 Å². The molecule has 2 N–H and O–H groups in total. The monoisotopic (exact) mass is 495 g/mol. The number of nitrogens with zero attached hydrogens (tertiary/aromatic N) is 3. The van der Waals surface area contributed by atoms with Crippen LogP contribution in [0, 0.1) is 0 Å². The van der Waals surface area contributed by atoms with Gasteiger partial charge in [-0.05, 0) is 49.4 Å². The lowest BCUT2D eigenvalue weighted by Crippen LogP contribution is -2.14. The van der Waals surface area contributed by atoms with Crippen LogP contribution >= 0.6 is 11.6 Å². The highest BCUT2D eigenvalue weighted by atomic mass is 35.5. The van der Waals surface area contributed by atoms with Gasteiger partial charge in [-0.15, -0.1) is 9.73 Å². The Balaban J connectivity index is 1.70. The Morgan fingerprint density at radius 3 is 2.37 bits per heavy atom. The highest BCUT2D eigenvalue weighted by molar-refractivity contribution is 6.34. The second-order valence-corrected chi connectivity index (χ2v) is 9.27. The fourth-order valence-corrected chi connectivity index (χ4v) is 4.00. The number of ether oxygens (including phenoxy) is 2. The van der Waals surface area contributed by atoms with Gasteiger partial charge in [0.15, 0.2) is 11.5 Å². The molecule has 35 heavy (non-hydrogen) atoms. The third-order valence-electron chi connectivity index (χ3n) is 5.33. The number of aromatic nitrogens is 4. The molecule has 182 valence electrons. The molecule has 4 rings (SSSR count). The molecule has 0 atom stereocenters. The van der Waals surface area contributed by atoms with Gasteiger partial charge in [0, 0.05) is 16.5 Å². The van der Waals surface area contributed by atoms with Crippen LogP contribution in [0.3, 0.4) is 0 Å². The number of anilines is 1. The van der Waals surface area contributed by atoms with E-state index in [-0.39, 0.29) is 11.3 Å². The van der Waals surface area contributed by atoms with Gasteiger partial charge in [0.2, 0.25) is 0 Å². The minimum Gasteiger partial charge on any atom is -0.494 e. The molecule has 2 heterocycles. The standard InChI is InChI=1S/C25H26ClN5O4/c1-6-35-16-11-12-18(27-23(32)14-7-9-15(10-8-14)24(33)34-5)17(13-16)21-28-22-19(26)20(25(2,3)4)29-31(22)30-21/h7-13H,6H2,1-5H3,(H,27,32)(H,28,30). The zero-order valence-electron chi connectivity index (χ0n) is 20.1. The van der Waals surface area contributed by atoms with E-state index in [0.717, 1.165) is 5.69 Å². The lowest BCUT2D eigenvalue weighted by Gasteiger charge is -2.15. The van der Waals surface area contributed by atoms with E-state index in [2.05, 4.69) is 20.5 Å². The number of carbonyl (C=O) groups excluding carboxylic acids is 2. The third-order valence-corrected chi connectivity index (χ3v) is 5.68. The maximum atomic E-state index is 13.0. The molecule has 2 aromatic heterocycles. The third kappa shape index (κ3) is 4.85. The summed E-state index contributed by atoms with van der Waals surface area (Å²) in [5, 5.41) is 12.5. The number of esters is 1. The first-order valence-electron chi connectivity index (χ1n) is 11.0. The van der Waals surface area contributed by atoms with Crippen molar-refractivity contribution in [3.63, 3.8) is 0 Å². The summed E-state index contributed by atoms with van der Waals surface area (Å²) >= 11 is 6.59. The second kappa shape index (κ2) is 9.42. The van der Waals surface area contributed by atoms with Crippen LogP contribution in [0.5, 0.6) is 5.75 Å². The number of rotatable bonds is 6. The molecule has 0 radical (unpaired) electrons. The van der Waals surface area contributed by atoms with Crippen molar-refractivity contribution < 1.29 is 19.1 Å². The van der Waals surface area contributed by atoms with Crippen LogP contribution in [-0.4, -0.2) is 45.4 Å². The van der Waals surface area contributed by atoms with E-state index < -0.39 is 5.97 Å². The zero-order valence-corrected chi connectivity index (χ0v) is 20.9. The summed E-state index contributed by atoms with van der Waals surface area (Å²) < 4.78 is 11.8. The van der Waals surface area contributed by atoms with E-state index in [0.29, 0.717) is 51.2 Å². The average Bonchev–Trinajstić information content (AvgIpc) is 3.39. The number of halogens is 1. The van der Waals surface area contributed by atoms with Crippen molar-refractivity contribution in [3.8, 4) is 17.1 Å². The Morgan fingerprint density at radius 1 is 1.09 bits per heavy atom. The molecule has 0 saturated heterocycles. The molecule has 0 aliphatic heterocycles. The first-order valence-corrected chi connectivity index (χ1v) is 11.4. The molecule has 0 saturated carbocycles. The first-order chi connectivity index (χ1) is 16.6. The zero-order chi connectivity index (χ0) is 25.3. The smallest absolute Gasteiger partial charge is 0.337 e. The molecule has 10 heteroatoms. The number of fused-ring (bicyclic) bond motifs is 1. The van der Waals surface area contributed by atoms with Crippen LogP contribution in [-0.2, 0) is 10.2 Å². The van der Waals surface area contributed by atoms with Crippen LogP contribution in [0.1, 0.15) is 54.1 Å². The number of hydrogen-bond acceptors (Lipinski definition) is 6. The van der Waals surface area contributed by atoms with E-state index in [9.17, 15) is 9.59 Å². The fraction of sp³-hybridized carbons (Fsp3) is 0.280. The van der Waals surface area contributed by atoms with Crippen LogP contribution in [0.25, 0.3) is 17.0 Å². The number of H-pyrrole nitrogens is 1. The van der Waals surface area contributed by atoms with Crippen LogP contribution in [0.2, 0.25) is 5.02 Å². The van der Waals surface area contributed by atoms with Crippen molar-refractivity contribution in [2.75, 3.05) is 19.0 Å². The minimum atomic E-state index is -0.470. The maximum absolute atomic E-state index is 13.0. The van der Waals surface area contributed by atoms with E-state index in [4.69, 9.17) is 21.1 Å². The van der Waals surface area contributed by atoms with Crippen LogP contribution in [0.4, 0.5) is 5.69 Å². The molecule has 0 fully saturated rings. The Labute approximate surface area is 207 Å². The predicted octanol–water partition coefficient (Wildman–Crippen LogP) is 5.11. The summed E-state index contributed by atoms with van der Waals surface area (Å²) in [5.74, 6) is 0.268. The van der Waals surface area contributed by atoms with Crippen LogP contribution < -0.4 is 10.1 Å². The van der Waals surface area contributed by atoms with E-state index >= 15 is 0 Å². The van der Waals surface area contributed by atoms with E-state index in [1.165, 1.54) is 23.9 Å². The molecule has 0 aliphatic carbocycles. The predicted molar refractivity (Wildman–Crippen MR) is 133 cm³/mol. The molecule has 1 amide bonds. The Bertz CT molecular complexity index is 1400. The number of amides is 1. The summed E-state index contributed by atoms with van der Waals surface area (Å²) in [7, 11) is 1.30. The van der Waals surface area contributed by atoms with Gasteiger partial charge in [-0.1, -0.05) is 32.4 Å².